The summed E-state index contributed by atoms with van der Waals surface area (Å²) in [4.78, 5) is 4.70. The van der Waals surface area contributed by atoms with E-state index in [1.54, 1.807) is 6.20 Å². The Hall–Kier alpha value is -2.40. The Morgan fingerprint density at radius 3 is 2.79 bits per heavy atom. The van der Waals surface area contributed by atoms with Crippen molar-refractivity contribution in [2.75, 3.05) is 0 Å². The number of H-pyrrole nitrogens is 1. The fraction of sp³-hybridized carbons (Fsp3) is 0.278. The summed E-state index contributed by atoms with van der Waals surface area (Å²) in [6.07, 6.45) is 3.69. The van der Waals surface area contributed by atoms with Crippen LogP contribution in [0, 0.1) is 13.8 Å². The lowest BCUT2D eigenvalue weighted by Crippen LogP contribution is -2.00. The molecule has 122 valence electrons. The minimum absolute atomic E-state index is 0.655. The van der Waals surface area contributed by atoms with Crippen LogP contribution in [0.1, 0.15) is 30.3 Å². The number of benzene rings is 1. The second-order valence-corrected chi connectivity index (χ2v) is 6.57. The number of hydrogen-bond acceptors (Lipinski definition) is 3. The number of nitrogens with one attached hydrogen (secondary N) is 1. The zero-order chi connectivity index (χ0) is 16.8. The summed E-state index contributed by atoms with van der Waals surface area (Å²) in [5.41, 5.74) is 6.07. The normalized spacial score (nSPS) is 11.7. The largest absolute Gasteiger partial charge is 0.276 e. The molecule has 4 rings (SSSR count). The lowest BCUT2D eigenvalue weighted by atomic mass is 10.0. The summed E-state index contributed by atoms with van der Waals surface area (Å²) >= 11 is 6.43. The minimum atomic E-state index is 0.655. The van der Waals surface area contributed by atoms with Crippen LogP contribution in [0.25, 0.3) is 27.8 Å². The van der Waals surface area contributed by atoms with Crippen LogP contribution in [0.3, 0.4) is 0 Å². The van der Waals surface area contributed by atoms with E-state index < -0.39 is 0 Å². The number of halogens is 1. The van der Waals surface area contributed by atoms with E-state index in [1.807, 2.05) is 10.6 Å². The van der Waals surface area contributed by atoms with Crippen LogP contribution >= 0.6 is 11.6 Å². The van der Waals surface area contributed by atoms with E-state index in [9.17, 15) is 0 Å². The molecule has 0 aliphatic heterocycles. The standard InChI is InChI=1S/C18H18ClN5/c1-4-5-15-21-18-11(3)6-10(2)17(24(18)23-15)12-7-13-9-20-22-16(13)14(19)8-12/h6-9H,4-5H2,1-3H3,(H,20,22). The highest BCUT2D eigenvalue weighted by molar-refractivity contribution is 6.35. The number of rotatable bonds is 3. The Bertz CT molecular complexity index is 1060. The second-order valence-electron chi connectivity index (χ2n) is 6.16. The second kappa shape index (κ2) is 5.60. The van der Waals surface area contributed by atoms with Gasteiger partial charge in [-0.25, -0.2) is 9.50 Å². The number of pyridine rings is 1. The first-order chi connectivity index (χ1) is 11.6. The summed E-state index contributed by atoms with van der Waals surface area (Å²) in [6, 6.07) is 6.20. The van der Waals surface area contributed by atoms with Gasteiger partial charge in [-0.2, -0.15) is 10.2 Å². The van der Waals surface area contributed by atoms with Crippen LogP contribution in [-0.2, 0) is 6.42 Å². The number of nitrogens with zero attached hydrogens (tertiary/aromatic N) is 4. The molecule has 1 aromatic carbocycles. The van der Waals surface area contributed by atoms with Gasteiger partial charge in [0, 0.05) is 17.4 Å². The first-order valence-electron chi connectivity index (χ1n) is 8.07. The monoisotopic (exact) mass is 339 g/mol. The van der Waals surface area contributed by atoms with Gasteiger partial charge in [0.05, 0.1) is 22.4 Å². The molecule has 24 heavy (non-hydrogen) atoms. The molecule has 1 N–H and O–H groups in total. The van der Waals surface area contributed by atoms with E-state index >= 15 is 0 Å². The van der Waals surface area contributed by atoms with Crippen molar-refractivity contribution in [1.82, 2.24) is 24.8 Å². The van der Waals surface area contributed by atoms with E-state index in [-0.39, 0.29) is 0 Å². The third-order valence-corrected chi connectivity index (χ3v) is 4.57. The molecule has 0 fully saturated rings. The average Bonchev–Trinajstić information content (AvgIpc) is 3.15. The van der Waals surface area contributed by atoms with Gasteiger partial charge in [-0.1, -0.05) is 24.6 Å². The molecule has 0 saturated heterocycles. The highest BCUT2D eigenvalue weighted by atomic mass is 35.5. The molecular formula is C18H18ClN5. The van der Waals surface area contributed by atoms with Gasteiger partial charge in [0.1, 0.15) is 0 Å². The van der Waals surface area contributed by atoms with E-state index in [0.717, 1.165) is 57.6 Å². The topological polar surface area (TPSA) is 58.9 Å². The molecule has 3 aromatic heterocycles. The van der Waals surface area contributed by atoms with Crippen LogP contribution in [0.15, 0.2) is 24.4 Å². The van der Waals surface area contributed by atoms with Crippen molar-refractivity contribution >= 4 is 28.2 Å². The van der Waals surface area contributed by atoms with Crippen molar-refractivity contribution in [3.63, 3.8) is 0 Å². The molecule has 0 aliphatic carbocycles. The molecule has 0 unspecified atom stereocenters. The van der Waals surface area contributed by atoms with Crippen LogP contribution in [0.5, 0.6) is 0 Å². The van der Waals surface area contributed by atoms with Gasteiger partial charge in [0.25, 0.3) is 0 Å². The number of aromatic nitrogens is 5. The van der Waals surface area contributed by atoms with Crippen molar-refractivity contribution in [2.45, 2.75) is 33.6 Å². The molecule has 3 heterocycles. The summed E-state index contributed by atoms with van der Waals surface area (Å²) < 4.78 is 1.95. The zero-order valence-corrected chi connectivity index (χ0v) is 14.6. The van der Waals surface area contributed by atoms with E-state index in [0.29, 0.717) is 5.02 Å². The highest BCUT2D eigenvalue weighted by Crippen LogP contribution is 2.32. The van der Waals surface area contributed by atoms with Gasteiger partial charge < -0.3 is 0 Å². The van der Waals surface area contributed by atoms with Gasteiger partial charge >= 0.3 is 0 Å². The summed E-state index contributed by atoms with van der Waals surface area (Å²) in [5.74, 6) is 0.878. The average molecular weight is 340 g/mol. The maximum Gasteiger partial charge on any atom is 0.159 e. The van der Waals surface area contributed by atoms with Gasteiger partial charge in [-0.3, -0.25) is 5.10 Å². The van der Waals surface area contributed by atoms with Crippen LogP contribution in [0.4, 0.5) is 0 Å². The Morgan fingerprint density at radius 2 is 2.00 bits per heavy atom. The molecule has 0 amide bonds. The number of aromatic amines is 1. The lowest BCUT2D eigenvalue weighted by Gasteiger charge is -2.11. The van der Waals surface area contributed by atoms with Crippen LogP contribution in [0.2, 0.25) is 5.02 Å². The van der Waals surface area contributed by atoms with E-state index in [1.165, 1.54) is 0 Å². The van der Waals surface area contributed by atoms with Crippen molar-refractivity contribution < 1.29 is 0 Å². The molecule has 6 heteroatoms. The first kappa shape index (κ1) is 15.1. The third kappa shape index (κ3) is 2.27. The predicted octanol–water partition coefficient (Wildman–Crippen LogP) is 4.50. The van der Waals surface area contributed by atoms with Crippen molar-refractivity contribution in [1.29, 1.82) is 0 Å². The molecular weight excluding hydrogens is 322 g/mol. The van der Waals surface area contributed by atoms with Crippen LogP contribution in [-0.4, -0.2) is 24.8 Å². The number of hydrogen-bond donors (Lipinski definition) is 1. The fourth-order valence-electron chi connectivity index (χ4n) is 3.22. The van der Waals surface area contributed by atoms with Crippen molar-refractivity contribution in [3.8, 4) is 11.3 Å². The Labute approximate surface area is 144 Å². The third-order valence-electron chi connectivity index (χ3n) is 4.27. The maximum absolute atomic E-state index is 6.43. The Morgan fingerprint density at radius 1 is 1.17 bits per heavy atom. The molecule has 0 radical (unpaired) electrons. The number of aryl methyl sites for hydroxylation is 3. The molecule has 5 nitrogen and oxygen atoms in total. The van der Waals surface area contributed by atoms with Gasteiger partial charge in [0.2, 0.25) is 0 Å². The lowest BCUT2D eigenvalue weighted by molar-refractivity contribution is 0.819. The van der Waals surface area contributed by atoms with Gasteiger partial charge in [-0.15, -0.1) is 0 Å². The first-order valence-corrected chi connectivity index (χ1v) is 8.45. The van der Waals surface area contributed by atoms with Gasteiger partial charge in [0.15, 0.2) is 11.5 Å². The smallest absolute Gasteiger partial charge is 0.159 e. The Kier molecular flexibility index (Phi) is 3.53. The van der Waals surface area contributed by atoms with Crippen molar-refractivity contribution in [3.05, 3.63) is 46.4 Å². The van der Waals surface area contributed by atoms with Crippen LogP contribution < -0.4 is 0 Å². The van der Waals surface area contributed by atoms with Gasteiger partial charge in [-0.05, 0) is 43.5 Å². The molecule has 0 bridgehead atoms. The summed E-state index contributed by atoms with van der Waals surface area (Å²) in [5, 5.41) is 13.4. The highest BCUT2D eigenvalue weighted by Gasteiger charge is 2.16. The fourth-order valence-corrected chi connectivity index (χ4v) is 3.49. The van der Waals surface area contributed by atoms with Crippen molar-refractivity contribution in [2.24, 2.45) is 0 Å². The molecule has 0 aliphatic rings. The predicted molar refractivity (Wildman–Crippen MR) is 96.6 cm³/mol. The van der Waals surface area contributed by atoms with E-state index in [2.05, 4.69) is 43.1 Å². The maximum atomic E-state index is 6.43. The quantitative estimate of drug-likeness (QED) is 0.598. The number of fused-ring (bicyclic) bond motifs is 2. The SMILES string of the molecule is CCCc1nc2c(C)cc(C)c(-c3cc(Cl)c4[nH]ncc4c3)n2n1. The minimum Gasteiger partial charge on any atom is -0.276 e. The zero-order valence-electron chi connectivity index (χ0n) is 13.9. The molecule has 0 atom stereocenters. The molecule has 4 aromatic rings. The summed E-state index contributed by atoms with van der Waals surface area (Å²) in [6.45, 7) is 6.30. The molecule has 0 spiro atoms. The Balaban J connectivity index is 2.03. The van der Waals surface area contributed by atoms with E-state index in [4.69, 9.17) is 21.7 Å². The summed E-state index contributed by atoms with van der Waals surface area (Å²) in [7, 11) is 0. The molecule has 0 saturated carbocycles.